The maximum Gasteiger partial charge on any atom is 0.356 e. The van der Waals surface area contributed by atoms with Gasteiger partial charge in [0.25, 0.3) is 11.2 Å². The predicted molar refractivity (Wildman–Crippen MR) is 118 cm³/mol. The van der Waals surface area contributed by atoms with Crippen LogP contribution in [0.1, 0.15) is 48.4 Å². The second-order valence-corrected chi connectivity index (χ2v) is 9.26. The lowest BCUT2D eigenvalue weighted by Gasteiger charge is -2.64. The Morgan fingerprint density at radius 1 is 0.706 bits per heavy atom. The van der Waals surface area contributed by atoms with E-state index in [-0.39, 0.29) is 22.6 Å². The molecule has 1 fully saturated rings. The third kappa shape index (κ3) is 2.65. The smallest absolute Gasteiger partial charge is 0.356 e. The van der Waals surface area contributed by atoms with Gasteiger partial charge in [-0.2, -0.15) is 0 Å². The third-order valence-electron chi connectivity index (χ3n) is 6.46. The number of Topliss-reactive ketones (excluding diaryl/α,β-unsaturated/α-hetero) is 2. The summed E-state index contributed by atoms with van der Waals surface area (Å²) in [5.41, 5.74) is -4.03. The quantitative estimate of drug-likeness (QED) is 0.636. The molecule has 34 heavy (non-hydrogen) atoms. The SMILES string of the molecule is CC(C)OC(=O)[C@]12Oc3ccccc3C(=O)[C@H]1[C@@H]1C(=O)c3ccccc3O[C@@]12C(=O)OC(C)C. The molecule has 0 amide bonds. The lowest BCUT2D eigenvalue weighted by Crippen LogP contribution is -2.90. The van der Waals surface area contributed by atoms with Crippen LogP contribution in [0.4, 0.5) is 0 Å². The third-order valence-corrected chi connectivity index (χ3v) is 6.46. The summed E-state index contributed by atoms with van der Waals surface area (Å²) in [7, 11) is 0. The molecular formula is C26H24O8. The van der Waals surface area contributed by atoms with Crippen molar-refractivity contribution >= 4 is 23.5 Å². The van der Waals surface area contributed by atoms with Gasteiger partial charge in [-0.15, -0.1) is 0 Å². The Labute approximate surface area is 196 Å². The van der Waals surface area contributed by atoms with Crippen molar-refractivity contribution in [2.45, 2.75) is 51.1 Å². The minimum Gasteiger partial charge on any atom is -0.469 e. The average Bonchev–Trinajstić information content (AvgIpc) is 2.77. The van der Waals surface area contributed by atoms with Gasteiger partial charge < -0.3 is 18.9 Å². The molecule has 0 N–H and O–H groups in total. The molecular weight excluding hydrogens is 440 g/mol. The molecule has 2 aliphatic heterocycles. The van der Waals surface area contributed by atoms with Gasteiger partial charge >= 0.3 is 11.9 Å². The Morgan fingerprint density at radius 2 is 1.06 bits per heavy atom. The molecule has 1 saturated carbocycles. The number of carbonyl (C=O) groups is 4. The Morgan fingerprint density at radius 3 is 1.41 bits per heavy atom. The zero-order valence-corrected chi connectivity index (χ0v) is 19.2. The number of ether oxygens (including phenoxy) is 4. The van der Waals surface area contributed by atoms with Crippen molar-refractivity contribution in [1.29, 1.82) is 0 Å². The summed E-state index contributed by atoms with van der Waals surface area (Å²) < 4.78 is 23.5. The predicted octanol–water partition coefficient (Wildman–Crippen LogP) is 3.16. The average molecular weight is 464 g/mol. The van der Waals surface area contributed by atoms with Gasteiger partial charge in [-0.25, -0.2) is 9.59 Å². The van der Waals surface area contributed by atoms with Crippen molar-refractivity contribution in [3.8, 4) is 11.5 Å². The van der Waals surface area contributed by atoms with Crippen LogP contribution in [0.5, 0.6) is 11.5 Å². The molecule has 0 bridgehead atoms. The summed E-state index contributed by atoms with van der Waals surface area (Å²) in [6, 6.07) is 12.8. The largest absolute Gasteiger partial charge is 0.469 e. The lowest BCUT2D eigenvalue weighted by molar-refractivity contribution is -0.264. The van der Waals surface area contributed by atoms with E-state index >= 15 is 0 Å². The van der Waals surface area contributed by atoms with Crippen molar-refractivity contribution in [3.63, 3.8) is 0 Å². The fourth-order valence-corrected chi connectivity index (χ4v) is 5.23. The number of carbonyl (C=O) groups excluding carboxylic acids is 4. The first-order chi connectivity index (χ1) is 16.1. The van der Waals surface area contributed by atoms with Crippen LogP contribution >= 0.6 is 0 Å². The van der Waals surface area contributed by atoms with E-state index in [1.165, 1.54) is 12.1 Å². The fourth-order valence-electron chi connectivity index (χ4n) is 5.23. The Kier molecular flexibility index (Phi) is 4.83. The lowest BCUT2D eigenvalue weighted by atomic mass is 9.45. The number of hydrogen-bond donors (Lipinski definition) is 0. The summed E-state index contributed by atoms with van der Waals surface area (Å²) in [5.74, 6) is -5.33. The zero-order chi connectivity index (χ0) is 24.4. The maximum atomic E-state index is 13.7. The van der Waals surface area contributed by atoms with Crippen LogP contribution < -0.4 is 9.47 Å². The first-order valence-corrected chi connectivity index (χ1v) is 11.2. The summed E-state index contributed by atoms with van der Waals surface area (Å²) >= 11 is 0. The molecule has 0 unspecified atom stereocenters. The minimum absolute atomic E-state index is 0.106. The first kappa shape index (κ1) is 22.1. The van der Waals surface area contributed by atoms with Crippen LogP contribution in [0.2, 0.25) is 0 Å². The molecule has 176 valence electrons. The summed E-state index contributed by atoms with van der Waals surface area (Å²) in [6.07, 6.45) is -1.16. The zero-order valence-electron chi connectivity index (χ0n) is 19.2. The van der Waals surface area contributed by atoms with Crippen LogP contribution in [0.15, 0.2) is 48.5 Å². The van der Waals surface area contributed by atoms with Crippen molar-refractivity contribution in [1.82, 2.24) is 0 Å². The second kappa shape index (κ2) is 7.41. The van der Waals surface area contributed by atoms with Gasteiger partial charge in [0.05, 0.1) is 35.2 Å². The Balaban J connectivity index is 1.79. The number of benzene rings is 2. The highest BCUT2D eigenvalue weighted by molar-refractivity contribution is 6.19. The standard InChI is InChI=1S/C26H24O8/c1-13(2)31-23(29)25-19(21(27)15-9-5-7-11-17(15)33-25)20-22(28)16-10-6-8-12-18(16)34-26(20,25)24(30)32-14(3)4/h5-14,19-20H,1-4H3/t19-,20-,25-,26-/m1/s1. The molecule has 2 aromatic carbocycles. The number of esters is 2. The van der Waals surface area contributed by atoms with Crippen molar-refractivity contribution < 1.29 is 38.1 Å². The van der Waals surface area contributed by atoms with Crippen molar-refractivity contribution in [2.24, 2.45) is 11.8 Å². The Hall–Kier alpha value is -3.68. The van der Waals surface area contributed by atoms with Crippen LogP contribution in [-0.4, -0.2) is 46.9 Å². The maximum absolute atomic E-state index is 13.7. The van der Waals surface area contributed by atoms with Gasteiger partial charge in [0, 0.05) is 0 Å². The first-order valence-electron chi connectivity index (χ1n) is 11.2. The molecule has 0 radical (unpaired) electrons. The minimum atomic E-state index is -2.23. The number of ketones is 2. The summed E-state index contributed by atoms with van der Waals surface area (Å²) in [5, 5.41) is 0. The molecule has 8 heteroatoms. The van der Waals surface area contributed by atoms with E-state index in [9.17, 15) is 19.2 Å². The molecule has 2 heterocycles. The Bertz CT molecular complexity index is 1140. The molecule has 8 nitrogen and oxygen atoms in total. The van der Waals surface area contributed by atoms with E-state index in [1.807, 2.05) is 0 Å². The topological polar surface area (TPSA) is 105 Å². The summed E-state index contributed by atoms with van der Waals surface area (Å²) in [6.45, 7) is 6.55. The monoisotopic (exact) mass is 464 g/mol. The molecule has 1 aliphatic carbocycles. The van der Waals surface area contributed by atoms with E-state index in [1.54, 1.807) is 64.1 Å². The molecule has 2 aromatic rings. The van der Waals surface area contributed by atoms with Crippen LogP contribution in [0.3, 0.4) is 0 Å². The highest BCUT2D eigenvalue weighted by Gasteiger charge is 2.90. The van der Waals surface area contributed by atoms with Crippen molar-refractivity contribution in [3.05, 3.63) is 59.7 Å². The normalized spacial score (nSPS) is 28.4. The van der Waals surface area contributed by atoms with E-state index in [0.717, 1.165) is 0 Å². The molecule has 3 aliphatic rings. The molecule has 0 saturated heterocycles. The van der Waals surface area contributed by atoms with Gasteiger partial charge in [0.2, 0.25) is 0 Å². The fraction of sp³-hybridized carbons (Fsp3) is 0.385. The van der Waals surface area contributed by atoms with Gasteiger partial charge in [0.15, 0.2) is 11.6 Å². The van der Waals surface area contributed by atoms with Crippen LogP contribution in [0.25, 0.3) is 0 Å². The number of hydrogen-bond acceptors (Lipinski definition) is 8. The molecule has 5 rings (SSSR count). The van der Waals surface area contributed by atoms with E-state index in [2.05, 4.69) is 0 Å². The van der Waals surface area contributed by atoms with Gasteiger partial charge in [0.1, 0.15) is 11.5 Å². The van der Waals surface area contributed by atoms with E-state index in [4.69, 9.17) is 18.9 Å². The van der Waals surface area contributed by atoms with Crippen LogP contribution in [0, 0.1) is 11.8 Å². The number of fused-ring (bicyclic) bond motifs is 6. The van der Waals surface area contributed by atoms with Gasteiger partial charge in [-0.1, -0.05) is 24.3 Å². The number of rotatable bonds is 4. The highest BCUT2D eigenvalue weighted by atomic mass is 16.6. The molecule has 0 aromatic heterocycles. The summed E-state index contributed by atoms with van der Waals surface area (Å²) in [4.78, 5) is 54.9. The van der Waals surface area contributed by atoms with Crippen LogP contribution in [-0.2, 0) is 19.1 Å². The van der Waals surface area contributed by atoms with Gasteiger partial charge in [-0.3, -0.25) is 9.59 Å². The molecule has 0 spiro atoms. The van der Waals surface area contributed by atoms with Crippen molar-refractivity contribution in [2.75, 3.05) is 0 Å². The molecule has 4 atom stereocenters. The van der Waals surface area contributed by atoms with Gasteiger partial charge in [-0.05, 0) is 52.0 Å². The highest BCUT2D eigenvalue weighted by Crippen LogP contribution is 2.64. The number of para-hydroxylation sites is 2. The second-order valence-electron chi connectivity index (χ2n) is 9.26. The van der Waals surface area contributed by atoms with E-state index in [0.29, 0.717) is 0 Å². The van der Waals surface area contributed by atoms with E-state index < -0.39 is 58.8 Å².